The second kappa shape index (κ2) is 6.68. The molecule has 5 rings (SSSR count). The van der Waals surface area contributed by atoms with Crippen molar-refractivity contribution in [3.05, 3.63) is 50.3 Å². The summed E-state index contributed by atoms with van der Waals surface area (Å²) in [5, 5.41) is 10.5. The predicted octanol–water partition coefficient (Wildman–Crippen LogP) is 5.10. The number of thiazole rings is 1. The van der Waals surface area contributed by atoms with Crippen molar-refractivity contribution in [3.63, 3.8) is 0 Å². The third-order valence-corrected chi connectivity index (χ3v) is 7.60. The number of anilines is 1. The summed E-state index contributed by atoms with van der Waals surface area (Å²) in [5.41, 5.74) is 2.84. The van der Waals surface area contributed by atoms with Crippen LogP contribution in [0.1, 0.15) is 28.5 Å². The Morgan fingerprint density at radius 3 is 2.96 bits per heavy atom. The first kappa shape index (κ1) is 17.8. The number of amides is 1. The number of hydrogen-bond acceptors (Lipinski definition) is 6. The van der Waals surface area contributed by atoms with Crippen molar-refractivity contribution in [3.8, 4) is 10.9 Å². The fraction of sp³-hybridized carbons (Fsp3) is 0.211. The number of nitrogens with one attached hydrogen (secondary N) is 1. The summed E-state index contributed by atoms with van der Waals surface area (Å²) >= 11 is 6.69. The zero-order valence-electron chi connectivity index (χ0n) is 15.0. The third-order valence-electron chi connectivity index (χ3n) is 4.80. The van der Waals surface area contributed by atoms with Crippen LogP contribution in [0.15, 0.2) is 34.1 Å². The van der Waals surface area contributed by atoms with Crippen LogP contribution in [0.3, 0.4) is 0 Å². The summed E-state index contributed by atoms with van der Waals surface area (Å²) < 4.78 is 9.11. The van der Waals surface area contributed by atoms with Gasteiger partial charge in [-0.1, -0.05) is 11.3 Å². The van der Waals surface area contributed by atoms with Crippen LogP contribution in [0.5, 0.6) is 5.75 Å². The smallest absolute Gasteiger partial charge is 0.226 e. The Morgan fingerprint density at radius 1 is 1.36 bits per heavy atom. The number of carbonyl (C=O) groups excluding carboxylic acids is 1. The molecule has 0 radical (unpaired) electrons. The average molecular weight is 475 g/mol. The summed E-state index contributed by atoms with van der Waals surface area (Å²) in [7, 11) is 1.65. The Hall–Kier alpha value is -2.23. The van der Waals surface area contributed by atoms with Crippen LogP contribution in [0.25, 0.3) is 15.3 Å². The fourth-order valence-electron chi connectivity index (χ4n) is 3.55. The molecule has 9 heteroatoms. The lowest BCUT2D eigenvalue weighted by atomic mass is 9.91. The number of benzene rings is 1. The van der Waals surface area contributed by atoms with E-state index in [9.17, 15) is 4.79 Å². The Morgan fingerprint density at radius 2 is 2.21 bits per heavy atom. The maximum absolute atomic E-state index is 12.5. The van der Waals surface area contributed by atoms with E-state index in [1.54, 1.807) is 23.1 Å². The standard InChI is InChI=1S/C19H15BrN4O2S2/c1-9-17-12(14-5-10(20)8-27-14)7-16(25)22-18(17)24(23-9)19-21-13-4-3-11(26-2)6-15(13)28-19/h3-6,8,12H,7H2,1-2H3,(H,22,25)/t12-/m1/s1. The first-order valence-corrected chi connectivity index (χ1v) is 11.1. The van der Waals surface area contributed by atoms with Crippen molar-refractivity contribution in [2.75, 3.05) is 12.4 Å². The molecular formula is C19H15BrN4O2S2. The molecule has 1 aliphatic rings. The number of carbonyl (C=O) groups is 1. The minimum atomic E-state index is -0.00838. The number of halogens is 1. The van der Waals surface area contributed by atoms with Gasteiger partial charge in [-0.25, -0.2) is 4.98 Å². The van der Waals surface area contributed by atoms with E-state index in [0.717, 1.165) is 41.7 Å². The molecule has 6 nitrogen and oxygen atoms in total. The van der Waals surface area contributed by atoms with Gasteiger partial charge in [0.25, 0.3) is 0 Å². The molecule has 0 spiro atoms. The van der Waals surface area contributed by atoms with Gasteiger partial charge in [0.05, 0.1) is 23.0 Å². The van der Waals surface area contributed by atoms with E-state index in [2.05, 4.69) is 27.3 Å². The van der Waals surface area contributed by atoms with Crippen LogP contribution in [-0.2, 0) is 4.79 Å². The van der Waals surface area contributed by atoms with E-state index < -0.39 is 0 Å². The first-order valence-electron chi connectivity index (χ1n) is 8.61. The molecule has 0 fully saturated rings. The second-order valence-electron chi connectivity index (χ2n) is 6.56. The van der Waals surface area contributed by atoms with Crippen LogP contribution < -0.4 is 10.1 Å². The summed E-state index contributed by atoms with van der Waals surface area (Å²) in [6.45, 7) is 1.98. The van der Waals surface area contributed by atoms with Crippen molar-refractivity contribution >= 4 is 60.5 Å². The molecule has 4 aromatic rings. The highest BCUT2D eigenvalue weighted by molar-refractivity contribution is 9.10. The van der Waals surface area contributed by atoms with E-state index in [1.165, 1.54) is 11.3 Å². The number of nitrogens with zero attached hydrogens (tertiary/aromatic N) is 3. The first-order chi connectivity index (χ1) is 13.5. The number of hydrogen-bond donors (Lipinski definition) is 1. The molecule has 3 aromatic heterocycles. The topological polar surface area (TPSA) is 69.0 Å². The summed E-state index contributed by atoms with van der Waals surface area (Å²) in [6.07, 6.45) is 0.420. The Balaban J connectivity index is 1.66. The van der Waals surface area contributed by atoms with Gasteiger partial charge in [0, 0.05) is 32.6 Å². The molecule has 142 valence electrons. The van der Waals surface area contributed by atoms with Crippen molar-refractivity contribution in [2.45, 2.75) is 19.3 Å². The number of aryl methyl sites for hydroxylation is 1. The quantitative estimate of drug-likeness (QED) is 0.448. The molecule has 0 unspecified atom stereocenters. The van der Waals surface area contributed by atoms with Gasteiger partial charge in [0.15, 0.2) is 0 Å². The highest BCUT2D eigenvalue weighted by Crippen LogP contribution is 2.43. The third kappa shape index (κ3) is 2.85. The molecule has 28 heavy (non-hydrogen) atoms. The number of thiophene rings is 1. The highest BCUT2D eigenvalue weighted by Gasteiger charge is 2.34. The second-order valence-corrected chi connectivity index (χ2v) is 9.43. The summed E-state index contributed by atoms with van der Waals surface area (Å²) in [6, 6.07) is 7.87. The number of rotatable bonds is 3. The fourth-order valence-corrected chi connectivity index (χ4v) is 6.06. The van der Waals surface area contributed by atoms with E-state index in [0.29, 0.717) is 12.2 Å². The Bertz CT molecular complexity index is 1230. The lowest BCUT2D eigenvalue weighted by Gasteiger charge is -2.22. The molecule has 1 atom stereocenters. The number of fused-ring (bicyclic) bond motifs is 2. The van der Waals surface area contributed by atoms with Gasteiger partial charge in [-0.05, 0) is 47.1 Å². The minimum absolute atomic E-state index is 0.00303. The lowest BCUT2D eigenvalue weighted by molar-refractivity contribution is -0.116. The zero-order chi connectivity index (χ0) is 19.4. The van der Waals surface area contributed by atoms with Gasteiger partial charge in [-0.2, -0.15) is 9.78 Å². The van der Waals surface area contributed by atoms with Gasteiger partial charge in [-0.15, -0.1) is 11.3 Å². The van der Waals surface area contributed by atoms with Gasteiger partial charge in [0.1, 0.15) is 11.6 Å². The van der Waals surface area contributed by atoms with E-state index >= 15 is 0 Å². The molecule has 1 aromatic carbocycles. The number of methoxy groups -OCH3 is 1. The molecule has 0 bridgehead atoms. The molecule has 4 heterocycles. The van der Waals surface area contributed by atoms with Crippen molar-refractivity contribution in [2.24, 2.45) is 0 Å². The molecule has 0 saturated heterocycles. The van der Waals surface area contributed by atoms with Crippen LogP contribution in [-0.4, -0.2) is 27.8 Å². The largest absolute Gasteiger partial charge is 0.497 e. The normalized spacial score (nSPS) is 16.2. The molecular weight excluding hydrogens is 460 g/mol. The zero-order valence-corrected chi connectivity index (χ0v) is 18.2. The molecule has 1 amide bonds. The number of aromatic nitrogens is 3. The van der Waals surface area contributed by atoms with Gasteiger partial charge in [0.2, 0.25) is 11.0 Å². The van der Waals surface area contributed by atoms with E-state index in [4.69, 9.17) is 14.8 Å². The maximum atomic E-state index is 12.5. The summed E-state index contributed by atoms with van der Waals surface area (Å²) in [5.74, 6) is 1.50. The van der Waals surface area contributed by atoms with E-state index in [-0.39, 0.29) is 11.8 Å². The SMILES string of the molecule is COc1ccc2nc(-n3nc(C)c4c3NC(=O)C[C@@H]4c3cc(Br)cs3)sc2c1. The monoisotopic (exact) mass is 474 g/mol. The lowest BCUT2D eigenvalue weighted by Crippen LogP contribution is -2.24. The van der Waals surface area contributed by atoms with Crippen molar-refractivity contribution in [1.29, 1.82) is 0 Å². The van der Waals surface area contributed by atoms with Gasteiger partial charge in [-0.3, -0.25) is 4.79 Å². The van der Waals surface area contributed by atoms with Gasteiger partial charge >= 0.3 is 0 Å². The van der Waals surface area contributed by atoms with Crippen molar-refractivity contribution < 1.29 is 9.53 Å². The van der Waals surface area contributed by atoms with Crippen LogP contribution in [0.2, 0.25) is 0 Å². The van der Waals surface area contributed by atoms with Crippen LogP contribution in [0, 0.1) is 6.92 Å². The number of ether oxygens (including phenoxy) is 1. The Labute approximate surface area is 177 Å². The molecule has 0 saturated carbocycles. The van der Waals surface area contributed by atoms with Gasteiger partial charge < -0.3 is 10.1 Å². The minimum Gasteiger partial charge on any atom is -0.497 e. The highest BCUT2D eigenvalue weighted by atomic mass is 79.9. The summed E-state index contributed by atoms with van der Waals surface area (Å²) in [4.78, 5) is 18.3. The predicted molar refractivity (Wildman–Crippen MR) is 115 cm³/mol. The maximum Gasteiger partial charge on any atom is 0.226 e. The molecule has 0 aliphatic carbocycles. The van der Waals surface area contributed by atoms with Crippen molar-refractivity contribution in [1.82, 2.24) is 14.8 Å². The van der Waals surface area contributed by atoms with Crippen LogP contribution >= 0.6 is 38.6 Å². The molecule has 1 N–H and O–H groups in total. The molecule has 1 aliphatic heterocycles. The Kier molecular flexibility index (Phi) is 4.26. The average Bonchev–Trinajstić information content (AvgIpc) is 3.37. The van der Waals surface area contributed by atoms with E-state index in [1.807, 2.05) is 30.5 Å². The van der Waals surface area contributed by atoms with Crippen LogP contribution in [0.4, 0.5) is 5.82 Å².